The number of esters is 1. The Morgan fingerprint density at radius 2 is 1.89 bits per heavy atom. The number of rotatable bonds is 10. The number of nitrogens with zero attached hydrogens (tertiary/aromatic N) is 1. The lowest BCUT2D eigenvalue weighted by molar-refractivity contribution is -0.145. The van der Waals surface area contributed by atoms with Crippen LogP contribution in [-0.2, 0) is 25.7 Å². The number of ether oxygens (including phenoxy) is 2. The standard InChI is InChI=1S/C20H29ClN2O5/c1-5-26-18(24)17(22-19(25)28-20(2,3)4)12-11-16(13-21)23-27-14-15-9-7-6-8-10-15/h6-10,17H,5,11-14H2,1-4H3,(H,22,25). The van der Waals surface area contributed by atoms with E-state index in [1.165, 1.54) is 0 Å². The maximum atomic E-state index is 12.1. The summed E-state index contributed by atoms with van der Waals surface area (Å²) in [4.78, 5) is 29.5. The number of alkyl halides is 1. The van der Waals surface area contributed by atoms with Gasteiger partial charge in [0.1, 0.15) is 18.2 Å². The molecule has 1 amide bonds. The van der Waals surface area contributed by atoms with Gasteiger partial charge in [-0.3, -0.25) is 0 Å². The topological polar surface area (TPSA) is 86.2 Å². The third-order valence-electron chi connectivity index (χ3n) is 3.41. The van der Waals surface area contributed by atoms with Crippen molar-refractivity contribution < 1.29 is 23.9 Å². The highest BCUT2D eigenvalue weighted by molar-refractivity contribution is 6.28. The molecule has 7 nitrogen and oxygen atoms in total. The summed E-state index contributed by atoms with van der Waals surface area (Å²) in [5.41, 5.74) is 0.881. The van der Waals surface area contributed by atoms with Crippen LogP contribution in [0.25, 0.3) is 0 Å². The molecule has 1 unspecified atom stereocenters. The average molecular weight is 413 g/mol. The molecular weight excluding hydrogens is 384 g/mol. The van der Waals surface area contributed by atoms with Crippen molar-refractivity contribution in [1.29, 1.82) is 0 Å². The van der Waals surface area contributed by atoms with Crippen LogP contribution in [-0.4, -0.2) is 41.9 Å². The summed E-state index contributed by atoms with van der Waals surface area (Å²) in [5, 5.41) is 6.59. The molecule has 0 aliphatic carbocycles. The smallest absolute Gasteiger partial charge is 0.408 e. The first-order valence-corrected chi connectivity index (χ1v) is 9.72. The van der Waals surface area contributed by atoms with E-state index >= 15 is 0 Å². The SMILES string of the molecule is CCOC(=O)C(CCC(CCl)=NOCc1ccccc1)NC(=O)OC(C)(C)C. The first-order chi connectivity index (χ1) is 13.2. The fourth-order valence-corrected chi connectivity index (χ4v) is 2.34. The third kappa shape index (κ3) is 10.2. The number of oxime groups is 1. The number of hydrogen-bond acceptors (Lipinski definition) is 6. The monoisotopic (exact) mass is 412 g/mol. The van der Waals surface area contributed by atoms with Crippen LogP contribution in [0.1, 0.15) is 46.1 Å². The van der Waals surface area contributed by atoms with Crippen LogP contribution in [0.2, 0.25) is 0 Å². The third-order valence-corrected chi connectivity index (χ3v) is 3.71. The molecule has 0 saturated heterocycles. The van der Waals surface area contributed by atoms with Crippen LogP contribution in [0.4, 0.5) is 4.79 Å². The van der Waals surface area contributed by atoms with Crippen molar-refractivity contribution >= 4 is 29.4 Å². The Morgan fingerprint density at radius 1 is 1.21 bits per heavy atom. The minimum atomic E-state index is -0.864. The molecule has 0 heterocycles. The molecular formula is C20H29ClN2O5. The zero-order valence-electron chi connectivity index (χ0n) is 16.9. The van der Waals surface area contributed by atoms with Gasteiger partial charge in [-0.1, -0.05) is 35.5 Å². The van der Waals surface area contributed by atoms with E-state index in [2.05, 4.69) is 10.5 Å². The van der Waals surface area contributed by atoms with Gasteiger partial charge < -0.3 is 19.6 Å². The van der Waals surface area contributed by atoms with Gasteiger partial charge in [0.2, 0.25) is 0 Å². The molecule has 1 rings (SSSR count). The minimum absolute atomic E-state index is 0.150. The summed E-state index contributed by atoms with van der Waals surface area (Å²) in [6, 6.07) is 8.74. The lowest BCUT2D eigenvalue weighted by atomic mass is 10.1. The van der Waals surface area contributed by atoms with Crippen molar-refractivity contribution in [2.75, 3.05) is 12.5 Å². The highest BCUT2D eigenvalue weighted by Crippen LogP contribution is 2.10. The second kappa shape index (κ2) is 12.2. The highest BCUT2D eigenvalue weighted by atomic mass is 35.5. The van der Waals surface area contributed by atoms with E-state index in [-0.39, 0.29) is 18.9 Å². The number of alkyl carbamates (subject to hydrolysis) is 1. The minimum Gasteiger partial charge on any atom is -0.464 e. The van der Waals surface area contributed by atoms with Gasteiger partial charge in [-0.15, -0.1) is 11.6 Å². The van der Waals surface area contributed by atoms with Gasteiger partial charge in [0, 0.05) is 0 Å². The van der Waals surface area contributed by atoms with Gasteiger partial charge in [-0.2, -0.15) is 0 Å². The predicted octanol–water partition coefficient (Wildman–Crippen LogP) is 4.03. The maximum Gasteiger partial charge on any atom is 0.408 e. The second-order valence-electron chi connectivity index (χ2n) is 7.04. The van der Waals surface area contributed by atoms with Crippen LogP contribution in [0.3, 0.4) is 0 Å². The number of hydrogen-bond donors (Lipinski definition) is 1. The van der Waals surface area contributed by atoms with Crippen molar-refractivity contribution in [3.8, 4) is 0 Å². The summed E-state index contributed by atoms with van der Waals surface area (Å²) < 4.78 is 10.2. The molecule has 0 aliphatic rings. The van der Waals surface area contributed by atoms with Gasteiger partial charge in [-0.25, -0.2) is 9.59 Å². The lowest BCUT2D eigenvalue weighted by Crippen LogP contribution is -2.44. The van der Waals surface area contributed by atoms with E-state index in [4.69, 9.17) is 25.9 Å². The Bertz CT molecular complexity index is 644. The van der Waals surface area contributed by atoms with Gasteiger partial charge in [-0.05, 0) is 46.1 Å². The number of amides is 1. The molecule has 0 fully saturated rings. The number of halogens is 1. The average Bonchev–Trinajstić information content (AvgIpc) is 2.62. The molecule has 1 aromatic rings. The quantitative estimate of drug-likeness (QED) is 0.271. The van der Waals surface area contributed by atoms with E-state index in [0.29, 0.717) is 18.7 Å². The highest BCUT2D eigenvalue weighted by Gasteiger charge is 2.25. The van der Waals surface area contributed by atoms with Gasteiger partial charge in [0.25, 0.3) is 0 Å². The molecule has 0 bridgehead atoms. The van der Waals surface area contributed by atoms with Crippen LogP contribution in [0, 0.1) is 0 Å². The molecule has 0 radical (unpaired) electrons. The molecule has 1 aromatic carbocycles. The fourth-order valence-electron chi connectivity index (χ4n) is 2.16. The van der Waals surface area contributed by atoms with Crippen LogP contribution in [0.5, 0.6) is 0 Å². The van der Waals surface area contributed by atoms with Gasteiger partial charge >= 0.3 is 12.1 Å². The number of carbonyl (C=O) groups excluding carboxylic acids is 2. The lowest BCUT2D eigenvalue weighted by Gasteiger charge is -2.22. The van der Waals surface area contributed by atoms with Gasteiger partial charge in [0.15, 0.2) is 0 Å². The van der Waals surface area contributed by atoms with Crippen LogP contribution >= 0.6 is 11.6 Å². The zero-order valence-corrected chi connectivity index (χ0v) is 17.6. The first kappa shape index (κ1) is 23.8. The molecule has 0 aromatic heterocycles. The Balaban J connectivity index is 2.63. The maximum absolute atomic E-state index is 12.1. The predicted molar refractivity (Wildman–Crippen MR) is 108 cm³/mol. The Labute approximate surface area is 171 Å². The van der Waals surface area contributed by atoms with Crippen molar-refractivity contribution in [3.63, 3.8) is 0 Å². The molecule has 1 atom stereocenters. The molecule has 1 N–H and O–H groups in total. The van der Waals surface area contributed by atoms with Crippen molar-refractivity contribution in [1.82, 2.24) is 5.32 Å². The van der Waals surface area contributed by atoms with Crippen molar-refractivity contribution in [3.05, 3.63) is 35.9 Å². The van der Waals surface area contributed by atoms with Crippen molar-refractivity contribution in [2.45, 2.75) is 58.8 Å². The van der Waals surface area contributed by atoms with E-state index < -0.39 is 23.7 Å². The second-order valence-corrected chi connectivity index (χ2v) is 7.31. The molecule has 0 saturated carbocycles. The fraction of sp³-hybridized carbons (Fsp3) is 0.550. The Kier molecular flexibility index (Phi) is 10.4. The summed E-state index contributed by atoms with van der Waals surface area (Å²) in [5.74, 6) is -0.385. The van der Waals surface area contributed by atoms with Crippen LogP contribution < -0.4 is 5.32 Å². The molecule has 8 heteroatoms. The van der Waals surface area contributed by atoms with Gasteiger partial charge in [0.05, 0.1) is 18.2 Å². The first-order valence-electron chi connectivity index (χ1n) is 9.19. The largest absolute Gasteiger partial charge is 0.464 e. The summed E-state index contributed by atoms with van der Waals surface area (Å²) in [6.07, 6.45) is -0.0640. The van der Waals surface area contributed by atoms with E-state index in [1.54, 1.807) is 27.7 Å². The summed E-state index contributed by atoms with van der Waals surface area (Å²) in [6.45, 7) is 7.46. The van der Waals surface area contributed by atoms with E-state index in [1.807, 2.05) is 30.3 Å². The molecule has 0 aliphatic heterocycles. The summed E-state index contributed by atoms with van der Waals surface area (Å²) >= 11 is 5.93. The number of nitrogens with one attached hydrogen (secondary N) is 1. The normalized spacial score (nSPS) is 12.8. The molecule has 28 heavy (non-hydrogen) atoms. The Morgan fingerprint density at radius 3 is 2.46 bits per heavy atom. The van der Waals surface area contributed by atoms with E-state index in [0.717, 1.165) is 5.56 Å². The van der Waals surface area contributed by atoms with Crippen LogP contribution in [0.15, 0.2) is 35.5 Å². The zero-order chi connectivity index (χ0) is 21.0. The molecule has 156 valence electrons. The number of carbonyl (C=O) groups is 2. The number of benzene rings is 1. The van der Waals surface area contributed by atoms with Crippen molar-refractivity contribution in [2.24, 2.45) is 5.16 Å². The van der Waals surface area contributed by atoms with E-state index in [9.17, 15) is 9.59 Å². The summed E-state index contributed by atoms with van der Waals surface area (Å²) in [7, 11) is 0. The molecule has 0 spiro atoms. The Hall–Kier alpha value is -2.28.